The van der Waals surface area contributed by atoms with E-state index in [1.54, 1.807) is 24.3 Å². The summed E-state index contributed by atoms with van der Waals surface area (Å²) in [6, 6.07) is 11.9. The molecule has 0 aliphatic heterocycles. The Hall–Kier alpha value is -2.89. The standard InChI is InChI=1S/C18H19FN2O3/c1-12(15-5-7-16(8-6-15)20-13(2)22)21-24-11-14-4-9-18(23-3)17(19)10-14/h4-10H,11H2,1-3H3,(H,20,22). The van der Waals surface area contributed by atoms with Gasteiger partial charge in [-0.15, -0.1) is 0 Å². The Labute approximate surface area is 140 Å². The molecule has 0 spiro atoms. The Morgan fingerprint density at radius 1 is 1.17 bits per heavy atom. The first kappa shape index (κ1) is 17.5. The van der Waals surface area contributed by atoms with Crippen molar-refractivity contribution in [3.8, 4) is 5.75 Å². The lowest BCUT2D eigenvalue weighted by molar-refractivity contribution is -0.114. The molecule has 0 atom stereocenters. The van der Waals surface area contributed by atoms with Crippen molar-refractivity contribution in [1.29, 1.82) is 0 Å². The molecule has 0 aromatic heterocycles. The molecule has 24 heavy (non-hydrogen) atoms. The van der Waals surface area contributed by atoms with Gasteiger partial charge in [0.05, 0.1) is 12.8 Å². The molecule has 0 fully saturated rings. The number of amides is 1. The van der Waals surface area contributed by atoms with Gasteiger partial charge in [-0.2, -0.15) is 0 Å². The predicted molar refractivity (Wildman–Crippen MR) is 90.7 cm³/mol. The number of nitrogens with one attached hydrogen (secondary N) is 1. The monoisotopic (exact) mass is 330 g/mol. The summed E-state index contributed by atoms with van der Waals surface area (Å²) < 4.78 is 18.4. The lowest BCUT2D eigenvalue weighted by Gasteiger charge is -2.06. The lowest BCUT2D eigenvalue weighted by atomic mass is 10.1. The zero-order chi connectivity index (χ0) is 17.5. The van der Waals surface area contributed by atoms with E-state index in [9.17, 15) is 9.18 Å². The smallest absolute Gasteiger partial charge is 0.221 e. The second-order valence-corrected chi connectivity index (χ2v) is 5.18. The Kier molecular flexibility index (Phi) is 5.89. The zero-order valence-electron chi connectivity index (χ0n) is 13.8. The van der Waals surface area contributed by atoms with E-state index in [1.807, 2.05) is 19.1 Å². The van der Waals surface area contributed by atoms with Gasteiger partial charge in [0.15, 0.2) is 11.6 Å². The highest BCUT2D eigenvalue weighted by Gasteiger charge is 2.04. The summed E-state index contributed by atoms with van der Waals surface area (Å²) in [5.74, 6) is -0.367. The third-order valence-corrected chi connectivity index (χ3v) is 3.27. The molecular formula is C18H19FN2O3. The van der Waals surface area contributed by atoms with Gasteiger partial charge in [-0.1, -0.05) is 23.4 Å². The van der Waals surface area contributed by atoms with Gasteiger partial charge in [0.1, 0.15) is 6.61 Å². The number of methoxy groups -OCH3 is 1. The quantitative estimate of drug-likeness (QED) is 0.648. The summed E-state index contributed by atoms with van der Waals surface area (Å²) in [6.07, 6.45) is 0. The van der Waals surface area contributed by atoms with E-state index in [1.165, 1.54) is 20.1 Å². The van der Waals surface area contributed by atoms with Crippen molar-refractivity contribution < 1.29 is 18.8 Å². The van der Waals surface area contributed by atoms with Gasteiger partial charge >= 0.3 is 0 Å². The van der Waals surface area contributed by atoms with Crippen LogP contribution in [0.4, 0.5) is 10.1 Å². The van der Waals surface area contributed by atoms with Crippen LogP contribution in [0.3, 0.4) is 0 Å². The Bertz CT molecular complexity index is 742. The molecule has 1 amide bonds. The fourth-order valence-corrected chi connectivity index (χ4v) is 2.05. The second-order valence-electron chi connectivity index (χ2n) is 5.18. The SMILES string of the molecule is COc1ccc(CON=C(C)c2ccc(NC(C)=O)cc2)cc1F. The number of nitrogens with zero attached hydrogens (tertiary/aromatic N) is 1. The van der Waals surface area contributed by atoms with Crippen LogP contribution < -0.4 is 10.1 Å². The van der Waals surface area contributed by atoms with Crippen molar-refractivity contribution in [3.05, 3.63) is 59.4 Å². The zero-order valence-corrected chi connectivity index (χ0v) is 13.8. The number of ether oxygens (including phenoxy) is 1. The Balaban J connectivity index is 1.96. The van der Waals surface area contributed by atoms with E-state index in [2.05, 4.69) is 10.5 Å². The molecule has 126 valence electrons. The third-order valence-electron chi connectivity index (χ3n) is 3.27. The average Bonchev–Trinajstić information content (AvgIpc) is 2.55. The molecule has 1 N–H and O–H groups in total. The van der Waals surface area contributed by atoms with E-state index in [0.29, 0.717) is 17.0 Å². The van der Waals surface area contributed by atoms with Gasteiger partial charge in [0, 0.05) is 12.6 Å². The fraction of sp³-hybridized carbons (Fsp3) is 0.222. The van der Waals surface area contributed by atoms with Crippen molar-refractivity contribution in [3.63, 3.8) is 0 Å². The number of hydrogen-bond acceptors (Lipinski definition) is 4. The van der Waals surface area contributed by atoms with Crippen molar-refractivity contribution in [2.24, 2.45) is 5.16 Å². The molecule has 0 radical (unpaired) electrons. The number of anilines is 1. The first-order valence-electron chi connectivity index (χ1n) is 7.36. The minimum atomic E-state index is -0.437. The van der Waals surface area contributed by atoms with Gasteiger partial charge in [-0.3, -0.25) is 4.79 Å². The van der Waals surface area contributed by atoms with E-state index >= 15 is 0 Å². The van der Waals surface area contributed by atoms with E-state index in [4.69, 9.17) is 9.57 Å². The van der Waals surface area contributed by atoms with Crippen molar-refractivity contribution in [2.45, 2.75) is 20.5 Å². The minimum Gasteiger partial charge on any atom is -0.494 e. The molecule has 0 saturated carbocycles. The summed E-state index contributed by atoms with van der Waals surface area (Å²) in [6.45, 7) is 3.42. The van der Waals surface area contributed by atoms with Crippen molar-refractivity contribution >= 4 is 17.3 Å². The summed E-state index contributed by atoms with van der Waals surface area (Å²) in [5, 5.41) is 6.72. The van der Waals surface area contributed by atoms with Crippen LogP contribution in [0.25, 0.3) is 0 Å². The molecule has 5 nitrogen and oxygen atoms in total. The maximum atomic E-state index is 13.6. The van der Waals surface area contributed by atoms with Crippen molar-refractivity contribution in [1.82, 2.24) is 0 Å². The Morgan fingerprint density at radius 2 is 1.88 bits per heavy atom. The largest absolute Gasteiger partial charge is 0.494 e. The number of hydrogen-bond donors (Lipinski definition) is 1. The van der Waals surface area contributed by atoms with Crippen LogP contribution in [0.5, 0.6) is 5.75 Å². The number of carbonyl (C=O) groups excluding carboxylic acids is 1. The van der Waals surface area contributed by atoms with E-state index in [-0.39, 0.29) is 18.3 Å². The highest BCUT2D eigenvalue weighted by atomic mass is 19.1. The van der Waals surface area contributed by atoms with Crippen LogP contribution in [0.15, 0.2) is 47.6 Å². The first-order valence-corrected chi connectivity index (χ1v) is 7.36. The maximum Gasteiger partial charge on any atom is 0.221 e. The molecule has 2 aromatic rings. The summed E-state index contributed by atoms with van der Waals surface area (Å²) in [5.41, 5.74) is 2.92. The minimum absolute atomic E-state index is 0.122. The summed E-state index contributed by atoms with van der Waals surface area (Å²) in [4.78, 5) is 16.3. The number of carbonyl (C=O) groups is 1. The molecule has 0 bridgehead atoms. The first-order chi connectivity index (χ1) is 11.5. The molecule has 2 aromatic carbocycles. The van der Waals surface area contributed by atoms with Crippen LogP contribution >= 0.6 is 0 Å². The predicted octanol–water partition coefficient (Wildman–Crippen LogP) is 3.73. The molecule has 0 unspecified atom stereocenters. The molecule has 6 heteroatoms. The Morgan fingerprint density at radius 3 is 2.46 bits per heavy atom. The van der Waals surface area contributed by atoms with Crippen LogP contribution in [-0.4, -0.2) is 18.7 Å². The summed E-state index contributed by atoms with van der Waals surface area (Å²) >= 11 is 0. The van der Waals surface area contributed by atoms with Gasteiger partial charge in [0.2, 0.25) is 5.91 Å². The van der Waals surface area contributed by atoms with Crippen LogP contribution in [-0.2, 0) is 16.2 Å². The van der Waals surface area contributed by atoms with Gasteiger partial charge in [0.25, 0.3) is 0 Å². The number of oxime groups is 1. The van der Waals surface area contributed by atoms with E-state index < -0.39 is 5.82 Å². The normalized spacial score (nSPS) is 11.1. The fourth-order valence-electron chi connectivity index (χ4n) is 2.05. The lowest BCUT2D eigenvalue weighted by Crippen LogP contribution is -2.06. The molecule has 2 rings (SSSR count). The van der Waals surface area contributed by atoms with Crippen LogP contribution in [0.2, 0.25) is 0 Å². The highest BCUT2D eigenvalue weighted by Crippen LogP contribution is 2.18. The highest BCUT2D eigenvalue weighted by molar-refractivity contribution is 5.99. The molecule has 0 aliphatic rings. The number of halogens is 1. The molecule has 0 saturated heterocycles. The third kappa shape index (κ3) is 4.81. The molecule has 0 heterocycles. The average molecular weight is 330 g/mol. The van der Waals surface area contributed by atoms with E-state index in [0.717, 1.165) is 5.56 Å². The second kappa shape index (κ2) is 8.10. The maximum absolute atomic E-state index is 13.6. The van der Waals surface area contributed by atoms with Gasteiger partial charge in [-0.05, 0) is 42.3 Å². The molecular weight excluding hydrogens is 311 g/mol. The van der Waals surface area contributed by atoms with Crippen molar-refractivity contribution in [2.75, 3.05) is 12.4 Å². The number of rotatable bonds is 6. The molecule has 0 aliphatic carbocycles. The van der Waals surface area contributed by atoms with Gasteiger partial charge < -0.3 is 14.9 Å². The summed E-state index contributed by atoms with van der Waals surface area (Å²) in [7, 11) is 1.42. The number of benzene rings is 2. The van der Waals surface area contributed by atoms with Gasteiger partial charge in [-0.25, -0.2) is 4.39 Å². The van der Waals surface area contributed by atoms with Crippen LogP contribution in [0, 0.1) is 5.82 Å². The topological polar surface area (TPSA) is 59.9 Å². The van der Waals surface area contributed by atoms with Crippen LogP contribution in [0.1, 0.15) is 25.0 Å².